The van der Waals surface area contributed by atoms with Gasteiger partial charge < -0.3 is 9.14 Å². The molecule has 2 aromatic carbocycles. The molecule has 0 radical (unpaired) electrons. The van der Waals surface area contributed by atoms with Crippen molar-refractivity contribution in [2.75, 3.05) is 7.11 Å². The number of benzene rings is 2. The first-order valence-electron chi connectivity index (χ1n) is 8.51. The summed E-state index contributed by atoms with van der Waals surface area (Å²) in [5.74, 6) is 0.886. The van der Waals surface area contributed by atoms with Gasteiger partial charge in [-0.25, -0.2) is 4.98 Å². The fraction of sp³-hybridized carbons (Fsp3) is 0.136. The van der Waals surface area contributed by atoms with E-state index in [4.69, 9.17) is 21.3 Å². The van der Waals surface area contributed by atoms with Crippen LogP contribution in [-0.4, -0.2) is 16.5 Å². The van der Waals surface area contributed by atoms with Gasteiger partial charge in [-0.05, 0) is 36.8 Å². The van der Waals surface area contributed by atoms with E-state index in [-0.39, 0.29) is 0 Å². The molecule has 0 atom stereocenters. The maximum absolute atomic E-state index is 6.07. The van der Waals surface area contributed by atoms with E-state index in [1.807, 2.05) is 42.5 Å². The molecule has 0 bridgehead atoms. The second-order valence-electron chi connectivity index (χ2n) is 6.34. The third-order valence-electron chi connectivity index (χ3n) is 4.53. The van der Waals surface area contributed by atoms with E-state index < -0.39 is 0 Å². The number of rotatable bonds is 4. The van der Waals surface area contributed by atoms with Crippen LogP contribution in [0.4, 0.5) is 0 Å². The molecule has 130 valence electrons. The Morgan fingerprint density at radius 1 is 1.00 bits per heavy atom. The standard InChI is InChI=1S/C22H19ClN2O/c1-15-7-12-21-24-22(16-8-10-18(23)11-9-16)19(25(21)14-15)13-17-5-3-4-6-20(17)26-2/h3-12,14H,13H2,1-2H3. The van der Waals surface area contributed by atoms with Gasteiger partial charge in [0.25, 0.3) is 0 Å². The molecule has 4 heteroatoms. The Hall–Kier alpha value is -2.78. The summed E-state index contributed by atoms with van der Waals surface area (Å²) >= 11 is 6.07. The lowest BCUT2D eigenvalue weighted by molar-refractivity contribution is 0.410. The molecule has 2 aromatic heterocycles. The van der Waals surface area contributed by atoms with Crippen LogP contribution in [-0.2, 0) is 6.42 Å². The number of methoxy groups -OCH3 is 1. The van der Waals surface area contributed by atoms with Crippen LogP contribution in [0.5, 0.6) is 5.75 Å². The van der Waals surface area contributed by atoms with Gasteiger partial charge in [0.15, 0.2) is 0 Å². The van der Waals surface area contributed by atoms with E-state index in [1.54, 1.807) is 7.11 Å². The molecule has 4 rings (SSSR count). The van der Waals surface area contributed by atoms with E-state index >= 15 is 0 Å². The molecular formula is C22H19ClN2O. The number of hydrogen-bond acceptors (Lipinski definition) is 2. The van der Waals surface area contributed by atoms with Crippen molar-refractivity contribution in [2.24, 2.45) is 0 Å². The maximum Gasteiger partial charge on any atom is 0.137 e. The molecule has 0 saturated heterocycles. The van der Waals surface area contributed by atoms with Crippen molar-refractivity contribution >= 4 is 17.2 Å². The van der Waals surface area contributed by atoms with Gasteiger partial charge in [-0.3, -0.25) is 0 Å². The monoisotopic (exact) mass is 362 g/mol. The molecule has 0 saturated carbocycles. The minimum absolute atomic E-state index is 0.722. The summed E-state index contributed by atoms with van der Waals surface area (Å²) in [6.45, 7) is 2.09. The maximum atomic E-state index is 6.07. The number of pyridine rings is 1. The van der Waals surface area contributed by atoms with Crippen molar-refractivity contribution in [1.29, 1.82) is 0 Å². The number of aromatic nitrogens is 2. The van der Waals surface area contributed by atoms with Crippen LogP contribution in [0.25, 0.3) is 16.9 Å². The Morgan fingerprint density at radius 2 is 1.77 bits per heavy atom. The summed E-state index contributed by atoms with van der Waals surface area (Å²) in [6, 6.07) is 20.1. The molecule has 0 aliphatic rings. The molecule has 0 amide bonds. The highest BCUT2D eigenvalue weighted by atomic mass is 35.5. The number of para-hydroxylation sites is 1. The average molecular weight is 363 g/mol. The molecule has 0 spiro atoms. The molecule has 0 N–H and O–H groups in total. The number of hydrogen-bond donors (Lipinski definition) is 0. The average Bonchev–Trinajstić information content (AvgIpc) is 3.00. The first kappa shape index (κ1) is 16.7. The van der Waals surface area contributed by atoms with Gasteiger partial charge in [0, 0.05) is 28.8 Å². The highest BCUT2D eigenvalue weighted by Gasteiger charge is 2.16. The number of aryl methyl sites for hydroxylation is 1. The molecular weight excluding hydrogens is 344 g/mol. The first-order valence-corrected chi connectivity index (χ1v) is 8.89. The summed E-state index contributed by atoms with van der Waals surface area (Å²) in [6.07, 6.45) is 2.86. The predicted octanol–water partition coefficient (Wildman–Crippen LogP) is 5.56. The van der Waals surface area contributed by atoms with Crippen molar-refractivity contribution in [3.05, 3.63) is 88.7 Å². The minimum atomic E-state index is 0.722. The van der Waals surface area contributed by atoms with Gasteiger partial charge in [-0.1, -0.05) is 48.0 Å². The predicted molar refractivity (Wildman–Crippen MR) is 106 cm³/mol. The van der Waals surface area contributed by atoms with Crippen molar-refractivity contribution in [3.63, 3.8) is 0 Å². The Morgan fingerprint density at radius 3 is 2.54 bits per heavy atom. The summed E-state index contributed by atoms with van der Waals surface area (Å²) < 4.78 is 7.72. The summed E-state index contributed by atoms with van der Waals surface area (Å²) in [5.41, 5.74) is 6.42. The van der Waals surface area contributed by atoms with Crippen LogP contribution in [0, 0.1) is 6.92 Å². The highest BCUT2D eigenvalue weighted by molar-refractivity contribution is 6.30. The zero-order valence-corrected chi connectivity index (χ0v) is 15.5. The van der Waals surface area contributed by atoms with Crippen LogP contribution in [0.3, 0.4) is 0 Å². The quantitative estimate of drug-likeness (QED) is 0.475. The van der Waals surface area contributed by atoms with Crippen LogP contribution < -0.4 is 4.74 Å². The molecule has 0 fully saturated rings. The van der Waals surface area contributed by atoms with Gasteiger partial charge in [0.2, 0.25) is 0 Å². The van der Waals surface area contributed by atoms with Gasteiger partial charge in [0.05, 0.1) is 18.5 Å². The summed E-state index contributed by atoms with van der Waals surface area (Å²) in [4.78, 5) is 4.88. The molecule has 2 heterocycles. The minimum Gasteiger partial charge on any atom is -0.496 e. The van der Waals surface area contributed by atoms with E-state index in [2.05, 4.69) is 35.7 Å². The van der Waals surface area contributed by atoms with E-state index in [9.17, 15) is 0 Å². The Labute approximate surface area is 157 Å². The number of imidazole rings is 1. The van der Waals surface area contributed by atoms with Crippen LogP contribution in [0.2, 0.25) is 5.02 Å². The fourth-order valence-electron chi connectivity index (χ4n) is 3.24. The van der Waals surface area contributed by atoms with Crippen LogP contribution in [0.15, 0.2) is 66.9 Å². The summed E-state index contributed by atoms with van der Waals surface area (Å²) in [7, 11) is 1.71. The Kier molecular flexibility index (Phi) is 4.39. The first-order chi connectivity index (χ1) is 12.7. The SMILES string of the molecule is COc1ccccc1Cc1c(-c2ccc(Cl)cc2)nc2ccc(C)cn12. The smallest absolute Gasteiger partial charge is 0.137 e. The van der Waals surface area contributed by atoms with Gasteiger partial charge in [0.1, 0.15) is 11.4 Å². The normalized spacial score (nSPS) is 11.0. The van der Waals surface area contributed by atoms with Gasteiger partial charge >= 0.3 is 0 Å². The lowest BCUT2D eigenvalue weighted by atomic mass is 10.0. The van der Waals surface area contributed by atoms with E-state index in [0.717, 1.165) is 45.4 Å². The Bertz CT molecular complexity index is 1070. The van der Waals surface area contributed by atoms with Gasteiger partial charge in [-0.2, -0.15) is 0 Å². The lowest BCUT2D eigenvalue weighted by Crippen LogP contribution is -1.99. The molecule has 3 nitrogen and oxygen atoms in total. The van der Waals surface area contributed by atoms with Crippen LogP contribution in [0.1, 0.15) is 16.8 Å². The highest BCUT2D eigenvalue weighted by Crippen LogP contribution is 2.30. The van der Waals surface area contributed by atoms with Crippen LogP contribution >= 0.6 is 11.6 Å². The largest absolute Gasteiger partial charge is 0.496 e. The third-order valence-corrected chi connectivity index (χ3v) is 4.79. The Balaban J connectivity index is 1.91. The van der Waals surface area contributed by atoms with Crippen molar-refractivity contribution in [2.45, 2.75) is 13.3 Å². The lowest BCUT2D eigenvalue weighted by Gasteiger charge is -2.10. The van der Waals surface area contributed by atoms with E-state index in [1.165, 1.54) is 5.56 Å². The topological polar surface area (TPSA) is 26.5 Å². The molecule has 0 aliphatic carbocycles. The molecule has 0 unspecified atom stereocenters. The number of ether oxygens (including phenoxy) is 1. The number of fused-ring (bicyclic) bond motifs is 1. The molecule has 26 heavy (non-hydrogen) atoms. The number of halogens is 1. The molecule has 0 aliphatic heterocycles. The zero-order valence-electron chi connectivity index (χ0n) is 14.7. The second kappa shape index (κ2) is 6.85. The number of nitrogens with zero attached hydrogens (tertiary/aromatic N) is 2. The van der Waals surface area contributed by atoms with Crippen molar-refractivity contribution in [3.8, 4) is 17.0 Å². The van der Waals surface area contributed by atoms with Gasteiger partial charge in [-0.15, -0.1) is 0 Å². The van der Waals surface area contributed by atoms with Crippen molar-refractivity contribution < 1.29 is 4.74 Å². The van der Waals surface area contributed by atoms with Crippen molar-refractivity contribution in [1.82, 2.24) is 9.38 Å². The van der Waals surface area contributed by atoms with E-state index in [0.29, 0.717) is 0 Å². The third kappa shape index (κ3) is 3.06. The fourth-order valence-corrected chi connectivity index (χ4v) is 3.36. The summed E-state index contributed by atoms with van der Waals surface area (Å²) in [5, 5.41) is 0.722. The molecule has 4 aromatic rings. The second-order valence-corrected chi connectivity index (χ2v) is 6.77. The zero-order chi connectivity index (χ0) is 18.1.